The van der Waals surface area contributed by atoms with E-state index in [1.807, 2.05) is 30.3 Å². The first-order chi connectivity index (χ1) is 13.6. The molecule has 3 aromatic heterocycles. The molecule has 0 spiro atoms. The second-order valence-electron chi connectivity index (χ2n) is 7.15. The molecule has 0 unspecified atom stereocenters. The highest BCUT2D eigenvalue weighted by Gasteiger charge is 2.24. The Hall–Kier alpha value is -3.00. The summed E-state index contributed by atoms with van der Waals surface area (Å²) in [4.78, 5) is 31.5. The zero-order chi connectivity index (χ0) is 19.3. The molecule has 4 aromatic rings. The van der Waals surface area contributed by atoms with Crippen LogP contribution in [0.5, 0.6) is 0 Å². The Morgan fingerprint density at radius 3 is 2.75 bits per heavy atom. The fourth-order valence-corrected chi connectivity index (χ4v) is 5.35. The predicted molar refractivity (Wildman–Crippen MR) is 108 cm³/mol. The van der Waals surface area contributed by atoms with Gasteiger partial charge < -0.3 is 5.73 Å². The van der Waals surface area contributed by atoms with Crippen molar-refractivity contribution in [3.05, 3.63) is 62.6 Å². The van der Waals surface area contributed by atoms with Crippen LogP contribution in [0.2, 0.25) is 0 Å². The molecule has 0 saturated carbocycles. The van der Waals surface area contributed by atoms with Gasteiger partial charge in [0, 0.05) is 11.3 Å². The second-order valence-corrected chi connectivity index (χ2v) is 8.24. The van der Waals surface area contributed by atoms with Crippen molar-refractivity contribution in [3.63, 3.8) is 0 Å². The van der Waals surface area contributed by atoms with Gasteiger partial charge in [-0.25, -0.2) is 9.78 Å². The molecule has 5 rings (SSSR count). The largest absolute Gasteiger partial charge is 0.368 e. The van der Waals surface area contributed by atoms with E-state index in [0.717, 1.165) is 41.5 Å². The molecule has 3 heterocycles. The van der Waals surface area contributed by atoms with Gasteiger partial charge in [-0.05, 0) is 36.8 Å². The van der Waals surface area contributed by atoms with Crippen LogP contribution in [0, 0.1) is 0 Å². The van der Waals surface area contributed by atoms with Crippen molar-refractivity contribution in [3.8, 4) is 0 Å². The van der Waals surface area contributed by atoms with E-state index in [1.165, 1.54) is 19.5 Å². The molecular formula is C20H19N5O2S. The molecule has 1 aromatic carbocycles. The van der Waals surface area contributed by atoms with Gasteiger partial charge in [0.05, 0.1) is 5.39 Å². The molecular weight excluding hydrogens is 374 g/mol. The normalized spacial score (nSPS) is 13.9. The van der Waals surface area contributed by atoms with Crippen LogP contribution in [0.1, 0.15) is 34.7 Å². The zero-order valence-corrected chi connectivity index (χ0v) is 16.0. The third-order valence-corrected chi connectivity index (χ3v) is 6.52. The van der Waals surface area contributed by atoms with Gasteiger partial charge in [0.15, 0.2) is 11.5 Å². The third-order valence-electron chi connectivity index (χ3n) is 5.20. The Kier molecular flexibility index (Phi) is 4.01. The topological polar surface area (TPSA) is 95.3 Å². The number of carbonyl (C=O) groups excluding carboxylic acids is 1. The van der Waals surface area contributed by atoms with Crippen LogP contribution in [0.25, 0.3) is 15.9 Å². The van der Waals surface area contributed by atoms with Crippen LogP contribution in [0.3, 0.4) is 0 Å². The number of aryl methyl sites for hydroxylation is 2. The molecule has 7 nitrogen and oxygen atoms in total. The number of rotatable bonds is 4. The van der Waals surface area contributed by atoms with Crippen LogP contribution in [-0.2, 0) is 30.6 Å². The van der Waals surface area contributed by atoms with Crippen LogP contribution in [0.4, 0.5) is 0 Å². The molecule has 0 atom stereocenters. The summed E-state index contributed by atoms with van der Waals surface area (Å²) in [5, 5.41) is 5.43. The predicted octanol–water partition coefficient (Wildman–Crippen LogP) is 2.06. The van der Waals surface area contributed by atoms with Crippen LogP contribution in [-0.4, -0.2) is 25.1 Å². The summed E-state index contributed by atoms with van der Waals surface area (Å²) >= 11 is 1.58. The summed E-state index contributed by atoms with van der Waals surface area (Å²) in [7, 11) is 0. The van der Waals surface area contributed by atoms with Gasteiger partial charge in [0.1, 0.15) is 11.4 Å². The molecule has 1 aliphatic carbocycles. The smallest absolute Gasteiger partial charge is 0.352 e. The summed E-state index contributed by atoms with van der Waals surface area (Å²) in [6, 6.07) is 9.93. The van der Waals surface area contributed by atoms with E-state index >= 15 is 0 Å². The summed E-state index contributed by atoms with van der Waals surface area (Å²) in [5.41, 5.74) is 7.97. The standard InChI is InChI=1S/C20H19N5O2S/c21-15(26)11-24-19-17(13-8-4-5-9-14(13)28-19)18-22-16(23-25(18)20(24)27)10-12-6-2-1-3-7-12/h1-3,6-7H,4-5,8-11H2,(H2,21,26). The lowest BCUT2D eigenvalue weighted by molar-refractivity contribution is -0.118. The Morgan fingerprint density at radius 1 is 1.18 bits per heavy atom. The van der Waals surface area contributed by atoms with E-state index in [1.54, 1.807) is 11.3 Å². The van der Waals surface area contributed by atoms with Crippen molar-refractivity contribution in [2.24, 2.45) is 5.73 Å². The Morgan fingerprint density at radius 2 is 1.96 bits per heavy atom. The second kappa shape index (κ2) is 6.56. The SMILES string of the molecule is NC(=O)Cn1c(=O)n2nc(Cc3ccccc3)nc2c2c3c(sc21)CCCC3. The minimum atomic E-state index is -0.543. The van der Waals surface area contributed by atoms with E-state index in [4.69, 9.17) is 10.7 Å². The maximum Gasteiger partial charge on any atom is 0.352 e. The number of aromatic nitrogens is 4. The molecule has 0 radical (unpaired) electrons. The number of primary amides is 1. The van der Waals surface area contributed by atoms with Crippen LogP contribution < -0.4 is 11.4 Å². The van der Waals surface area contributed by atoms with Gasteiger partial charge in [-0.3, -0.25) is 9.36 Å². The minimum absolute atomic E-state index is 0.154. The number of benzene rings is 1. The first-order valence-electron chi connectivity index (χ1n) is 9.37. The van der Waals surface area contributed by atoms with Gasteiger partial charge in [0.2, 0.25) is 5.91 Å². The van der Waals surface area contributed by atoms with Gasteiger partial charge in [-0.1, -0.05) is 30.3 Å². The van der Waals surface area contributed by atoms with Crippen molar-refractivity contribution in [2.45, 2.75) is 38.6 Å². The molecule has 2 N–H and O–H groups in total. The van der Waals surface area contributed by atoms with E-state index in [2.05, 4.69) is 5.10 Å². The van der Waals surface area contributed by atoms with Crippen molar-refractivity contribution in [1.82, 2.24) is 19.2 Å². The first-order valence-corrected chi connectivity index (χ1v) is 10.2. The maximum atomic E-state index is 13.1. The lowest BCUT2D eigenvalue weighted by Crippen LogP contribution is -2.32. The number of hydrogen-bond acceptors (Lipinski definition) is 5. The number of carbonyl (C=O) groups is 1. The fourth-order valence-electron chi connectivity index (χ4n) is 3.97. The molecule has 1 amide bonds. The number of amides is 1. The molecule has 0 bridgehead atoms. The zero-order valence-electron chi connectivity index (χ0n) is 15.2. The molecule has 0 fully saturated rings. The Labute approximate surface area is 164 Å². The van der Waals surface area contributed by atoms with Gasteiger partial charge in [0.25, 0.3) is 0 Å². The lowest BCUT2D eigenvalue weighted by atomic mass is 9.97. The van der Waals surface area contributed by atoms with Crippen molar-refractivity contribution in [2.75, 3.05) is 0 Å². The molecule has 0 saturated heterocycles. The summed E-state index contributed by atoms with van der Waals surface area (Å²) in [6.45, 7) is -0.154. The number of hydrogen-bond donors (Lipinski definition) is 1. The Balaban J connectivity index is 1.78. The highest BCUT2D eigenvalue weighted by molar-refractivity contribution is 7.19. The van der Waals surface area contributed by atoms with Gasteiger partial charge >= 0.3 is 5.69 Å². The molecule has 0 aliphatic heterocycles. The molecule has 28 heavy (non-hydrogen) atoms. The minimum Gasteiger partial charge on any atom is -0.368 e. The molecule has 8 heteroatoms. The van der Waals surface area contributed by atoms with E-state index in [-0.39, 0.29) is 12.2 Å². The summed E-state index contributed by atoms with van der Waals surface area (Å²) in [5.74, 6) is 0.0518. The fraction of sp³-hybridized carbons (Fsp3) is 0.300. The quantitative estimate of drug-likeness (QED) is 0.574. The highest BCUT2D eigenvalue weighted by atomic mass is 32.1. The van der Waals surface area contributed by atoms with E-state index in [9.17, 15) is 9.59 Å². The number of thiophene rings is 1. The van der Waals surface area contributed by atoms with Crippen molar-refractivity contribution >= 4 is 33.1 Å². The molecule has 1 aliphatic rings. The van der Waals surface area contributed by atoms with Crippen LogP contribution >= 0.6 is 11.3 Å². The maximum absolute atomic E-state index is 13.1. The Bertz CT molecular complexity index is 1270. The number of nitrogens with two attached hydrogens (primary N) is 1. The summed E-state index contributed by atoms with van der Waals surface area (Å²) in [6.07, 6.45) is 4.76. The molecule has 142 valence electrons. The van der Waals surface area contributed by atoms with Crippen molar-refractivity contribution < 1.29 is 4.79 Å². The summed E-state index contributed by atoms with van der Waals surface area (Å²) < 4.78 is 2.79. The van der Waals surface area contributed by atoms with Crippen molar-refractivity contribution in [1.29, 1.82) is 0 Å². The van der Waals surface area contributed by atoms with E-state index < -0.39 is 5.91 Å². The van der Waals surface area contributed by atoms with Gasteiger partial charge in [-0.15, -0.1) is 16.4 Å². The lowest BCUT2D eigenvalue weighted by Gasteiger charge is -2.10. The highest BCUT2D eigenvalue weighted by Crippen LogP contribution is 2.37. The van der Waals surface area contributed by atoms with Gasteiger partial charge in [-0.2, -0.15) is 4.52 Å². The third kappa shape index (κ3) is 2.72. The van der Waals surface area contributed by atoms with Crippen LogP contribution in [0.15, 0.2) is 35.1 Å². The number of nitrogens with zero attached hydrogens (tertiary/aromatic N) is 4. The monoisotopic (exact) mass is 393 g/mol. The van der Waals surface area contributed by atoms with E-state index in [0.29, 0.717) is 17.9 Å². The number of fused-ring (bicyclic) bond motifs is 5. The average molecular weight is 393 g/mol. The average Bonchev–Trinajstić information content (AvgIpc) is 3.27. The first kappa shape index (κ1) is 17.1.